The normalized spacial score (nSPS) is 22.6. The zero-order valence-electron chi connectivity index (χ0n) is 19.8. The number of hydrogen-bond acceptors (Lipinski definition) is 4. The van der Waals surface area contributed by atoms with E-state index < -0.39 is 5.67 Å². The van der Waals surface area contributed by atoms with Gasteiger partial charge in [-0.3, -0.25) is 9.29 Å². The minimum Gasteiger partial charge on any atom is -0.356 e. The van der Waals surface area contributed by atoms with E-state index in [4.69, 9.17) is 4.98 Å². The Kier molecular flexibility index (Phi) is 6.31. The Morgan fingerprint density at radius 2 is 2.03 bits per heavy atom. The third-order valence-corrected chi connectivity index (χ3v) is 8.08. The first-order chi connectivity index (χ1) is 15.8. The summed E-state index contributed by atoms with van der Waals surface area (Å²) in [5.74, 6) is 0.618. The van der Waals surface area contributed by atoms with E-state index in [2.05, 4.69) is 46.0 Å². The number of para-hydroxylation sites is 1. The second-order valence-electron chi connectivity index (χ2n) is 10.4. The number of hydrogen-bond donors (Lipinski definition) is 1. The summed E-state index contributed by atoms with van der Waals surface area (Å²) in [5, 5.41) is 2.31. The van der Waals surface area contributed by atoms with Gasteiger partial charge in [0, 0.05) is 59.9 Å². The standard InChI is InChI=1S/C26H34F2N4S/c1-17-11-21-20-7-4-5-8-22(20)30-23(21)24(32(17)16-26(2,3)28)25-29-13-19(33-25)12-18-14-31(15-18)10-6-9-27/h4-5,7-8,13,17-18,24,30H,6,9-12,14-16H2,1-3H3/t17-,24+/m1/s1. The lowest BCUT2D eigenvalue weighted by molar-refractivity contribution is 0.0667. The summed E-state index contributed by atoms with van der Waals surface area (Å²) in [5.41, 5.74) is 2.36. The van der Waals surface area contributed by atoms with E-state index in [1.165, 1.54) is 21.5 Å². The van der Waals surface area contributed by atoms with Gasteiger partial charge >= 0.3 is 0 Å². The molecule has 1 aromatic carbocycles. The van der Waals surface area contributed by atoms with Crippen molar-refractivity contribution in [3.8, 4) is 0 Å². The van der Waals surface area contributed by atoms with Crippen molar-refractivity contribution in [2.24, 2.45) is 5.92 Å². The zero-order valence-corrected chi connectivity index (χ0v) is 20.6. The topological polar surface area (TPSA) is 35.2 Å². The molecule has 2 aliphatic heterocycles. The van der Waals surface area contributed by atoms with Crippen LogP contribution in [0.4, 0.5) is 8.78 Å². The van der Waals surface area contributed by atoms with Crippen molar-refractivity contribution >= 4 is 22.2 Å². The molecular formula is C26H34F2N4S. The smallest absolute Gasteiger partial charge is 0.118 e. The molecule has 0 saturated carbocycles. The third-order valence-electron chi connectivity index (χ3n) is 7.01. The largest absolute Gasteiger partial charge is 0.356 e. The fourth-order valence-electron chi connectivity index (χ4n) is 5.55. The molecule has 0 bridgehead atoms. The number of halogens is 2. The van der Waals surface area contributed by atoms with Gasteiger partial charge in [0.1, 0.15) is 16.7 Å². The molecule has 33 heavy (non-hydrogen) atoms. The average Bonchev–Trinajstić information content (AvgIpc) is 3.34. The molecule has 4 nitrogen and oxygen atoms in total. The zero-order chi connectivity index (χ0) is 23.2. The fraction of sp³-hybridized carbons (Fsp3) is 0.577. The fourth-order valence-corrected chi connectivity index (χ4v) is 6.72. The summed E-state index contributed by atoms with van der Waals surface area (Å²) in [6.07, 6.45) is 4.57. The molecule has 0 amide bonds. The molecule has 4 heterocycles. The quantitative estimate of drug-likeness (QED) is 0.467. The molecule has 0 spiro atoms. The maximum atomic E-state index is 14.9. The van der Waals surface area contributed by atoms with E-state index in [9.17, 15) is 8.78 Å². The predicted octanol–water partition coefficient (Wildman–Crippen LogP) is 5.54. The van der Waals surface area contributed by atoms with Crippen LogP contribution in [0, 0.1) is 5.92 Å². The summed E-state index contributed by atoms with van der Waals surface area (Å²) in [6, 6.07) is 8.61. The molecule has 7 heteroatoms. The summed E-state index contributed by atoms with van der Waals surface area (Å²) in [6.45, 7) is 8.61. The van der Waals surface area contributed by atoms with Crippen molar-refractivity contribution in [1.29, 1.82) is 0 Å². The number of H-pyrrole nitrogens is 1. The van der Waals surface area contributed by atoms with Crippen LogP contribution in [0.2, 0.25) is 0 Å². The Balaban J connectivity index is 1.42. The van der Waals surface area contributed by atoms with Crippen molar-refractivity contribution < 1.29 is 8.78 Å². The minimum atomic E-state index is -1.29. The SMILES string of the molecule is C[C@@H]1Cc2c([nH]c3ccccc23)[C@@H](c2ncc(CC3CN(CCCF)C3)s2)N1CC(C)(C)F. The van der Waals surface area contributed by atoms with E-state index in [0.29, 0.717) is 18.9 Å². The highest BCUT2D eigenvalue weighted by Crippen LogP contribution is 2.43. The van der Waals surface area contributed by atoms with Crippen molar-refractivity contribution in [3.05, 3.63) is 51.6 Å². The molecule has 2 atom stereocenters. The molecule has 2 aliphatic rings. The first kappa shape index (κ1) is 22.9. The van der Waals surface area contributed by atoms with E-state index in [1.807, 2.05) is 6.20 Å². The van der Waals surface area contributed by atoms with E-state index >= 15 is 0 Å². The second kappa shape index (κ2) is 9.08. The molecule has 3 aromatic rings. The van der Waals surface area contributed by atoms with Crippen LogP contribution in [0.15, 0.2) is 30.5 Å². The maximum absolute atomic E-state index is 14.9. The third kappa shape index (κ3) is 4.73. The van der Waals surface area contributed by atoms with Gasteiger partial charge in [0.2, 0.25) is 0 Å². The van der Waals surface area contributed by atoms with Crippen molar-refractivity contribution in [2.45, 2.75) is 57.8 Å². The van der Waals surface area contributed by atoms with E-state index in [-0.39, 0.29) is 18.8 Å². The molecule has 0 unspecified atom stereocenters. The number of thiazole rings is 1. The Hall–Kier alpha value is -1.83. The molecule has 0 aliphatic carbocycles. The number of rotatable bonds is 8. The van der Waals surface area contributed by atoms with Crippen molar-refractivity contribution in [1.82, 2.24) is 19.8 Å². The second-order valence-corrected chi connectivity index (χ2v) is 11.6. The first-order valence-corrected chi connectivity index (χ1v) is 12.9. The predicted molar refractivity (Wildman–Crippen MR) is 132 cm³/mol. The van der Waals surface area contributed by atoms with Gasteiger partial charge in [0.15, 0.2) is 0 Å². The Morgan fingerprint density at radius 1 is 1.24 bits per heavy atom. The van der Waals surface area contributed by atoms with Crippen LogP contribution in [0.5, 0.6) is 0 Å². The first-order valence-electron chi connectivity index (χ1n) is 12.1. The summed E-state index contributed by atoms with van der Waals surface area (Å²) in [4.78, 5) is 14.5. The highest BCUT2D eigenvalue weighted by molar-refractivity contribution is 7.11. The minimum absolute atomic E-state index is 0.0626. The van der Waals surface area contributed by atoms with Crippen LogP contribution in [0.25, 0.3) is 10.9 Å². The van der Waals surface area contributed by atoms with Crippen LogP contribution in [0.1, 0.15) is 54.4 Å². The highest BCUT2D eigenvalue weighted by atomic mass is 32.1. The monoisotopic (exact) mass is 472 g/mol. The highest BCUT2D eigenvalue weighted by Gasteiger charge is 2.40. The van der Waals surface area contributed by atoms with Crippen LogP contribution in [0.3, 0.4) is 0 Å². The molecule has 5 rings (SSSR count). The van der Waals surface area contributed by atoms with Gasteiger partial charge in [-0.2, -0.15) is 0 Å². The molecule has 178 valence electrons. The molecular weight excluding hydrogens is 438 g/mol. The molecule has 2 aromatic heterocycles. The van der Waals surface area contributed by atoms with Gasteiger partial charge in [-0.25, -0.2) is 9.37 Å². The van der Waals surface area contributed by atoms with E-state index in [1.54, 1.807) is 25.2 Å². The molecule has 1 N–H and O–H groups in total. The van der Waals surface area contributed by atoms with Crippen molar-refractivity contribution in [3.63, 3.8) is 0 Å². The average molecular weight is 473 g/mol. The molecule has 1 saturated heterocycles. The summed E-state index contributed by atoms with van der Waals surface area (Å²) in [7, 11) is 0. The Morgan fingerprint density at radius 3 is 2.79 bits per heavy atom. The number of fused-ring (bicyclic) bond motifs is 3. The number of alkyl halides is 2. The number of nitrogens with one attached hydrogen (secondary N) is 1. The number of benzene rings is 1. The lowest BCUT2D eigenvalue weighted by atomic mass is 9.91. The van der Waals surface area contributed by atoms with Gasteiger partial charge in [-0.1, -0.05) is 18.2 Å². The van der Waals surface area contributed by atoms with Crippen LogP contribution in [-0.2, 0) is 12.8 Å². The van der Waals surface area contributed by atoms with Crippen molar-refractivity contribution in [2.75, 3.05) is 32.9 Å². The summed E-state index contributed by atoms with van der Waals surface area (Å²) >= 11 is 1.77. The van der Waals surface area contributed by atoms with Crippen LogP contribution < -0.4 is 0 Å². The number of aromatic amines is 1. The maximum Gasteiger partial charge on any atom is 0.118 e. The summed E-state index contributed by atoms with van der Waals surface area (Å²) < 4.78 is 27.3. The number of likely N-dealkylation sites (tertiary alicyclic amines) is 1. The number of nitrogens with zero attached hydrogens (tertiary/aromatic N) is 3. The van der Waals surface area contributed by atoms with Gasteiger partial charge in [-0.05, 0) is 57.6 Å². The van der Waals surface area contributed by atoms with Gasteiger partial charge < -0.3 is 9.88 Å². The van der Waals surface area contributed by atoms with Crippen LogP contribution >= 0.6 is 11.3 Å². The Labute approximate surface area is 199 Å². The van der Waals surface area contributed by atoms with Crippen LogP contribution in [-0.4, -0.2) is 64.3 Å². The lowest BCUT2D eigenvalue weighted by Gasteiger charge is -2.41. The molecule has 1 fully saturated rings. The lowest BCUT2D eigenvalue weighted by Crippen LogP contribution is -2.47. The van der Waals surface area contributed by atoms with Gasteiger partial charge in [-0.15, -0.1) is 11.3 Å². The van der Waals surface area contributed by atoms with E-state index in [0.717, 1.165) is 43.0 Å². The number of aromatic nitrogens is 2. The molecule has 0 radical (unpaired) electrons. The van der Waals surface area contributed by atoms with Gasteiger partial charge in [0.05, 0.1) is 6.67 Å². The van der Waals surface area contributed by atoms with Gasteiger partial charge in [0.25, 0.3) is 0 Å². The Bertz CT molecular complexity index is 1100.